The summed E-state index contributed by atoms with van der Waals surface area (Å²) in [5.41, 5.74) is 0.421. The molecule has 3 rings (SSSR count). The van der Waals surface area contributed by atoms with Crippen molar-refractivity contribution in [3.8, 4) is 0 Å². The zero-order valence-corrected chi connectivity index (χ0v) is 17.4. The molecule has 0 radical (unpaired) electrons. The summed E-state index contributed by atoms with van der Waals surface area (Å²) in [5.74, 6) is -0.0369. The van der Waals surface area contributed by atoms with Gasteiger partial charge < -0.3 is 5.32 Å². The molecular formula is C21H29N3O2S. The van der Waals surface area contributed by atoms with Gasteiger partial charge in [0.2, 0.25) is 5.91 Å². The van der Waals surface area contributed by atoms with Gasteiger partial charge >= 0.3 is 0 Å². The normalized spacial score (nSPS) is 17.0. The van der Waals surface area contributed by atoms with E-state index in [1.807, 2.05) is 56.5 Å². The lowest BCUT2D eigenvalue weighted by molar-refractivity contribution is -0.121. The third-order valence-corrected chi connectivity index (χ3v) is 5.93. The highest BCUT2D eigenvalue weighted by Crippen LogP contribution is 2.32. The van der Waals surface area contributed by atoms with E-state index in [2.05, 4.69) is 5.32 Å². The number of aromatic nitrogens is 2. The number of fused-ring (bicyclic) bond motifs is 1. The van der Waals surface area contributed by atoms with Gasteiger partial charge in [0.25, 0.3) is 5.56 Å². The number of para-hydroxylation sites is 1. The summed E-state index contributed by atoms with van der Waals surface area (Å²) in [4.78, 5) is 30.6. The average Bonchev–Trinajstić information content (AvgIpc) is 2.61. The number of benzene rings is 1. The summed E-state index contributed by atoms with van der Waals surface area (Å²) in [5, 5.41) is 4.00. The van der Waals surface area contributed by atoms with Crippen LogP contribution in [0.1, 0.15) is 65.8 Å². The summed E-state index contributed by atoms with van der Waals surface area (Å²) in [6, 6.07) is 7.65. The molecule has 0 spiro atoms. The first kappa shape index (κ1) is 19.9. The highest BCUT2D eigenvalue weighted by atomic mass is 32.2. The van der Waals surface area contributed by atoms with Crippen LogP contribution in [0.25, 0.3) is 10.9 Å². The Morgan fingerprint density at radius 2 is 1.89 bits per heavy atom. The quantitative estimate of drug-likeness (QED) is 0.628. The Balaban J connectivity index is 1.99. The van der Waals surface area contributed by atoms with Crippen LogP contribution >= 0.6 is 11.8 Å². The molecule has 1 N–H and O–H groups in total. The summed E-state index contributed by atoms with van der Waals surface area (Å²) in [7, 11) is 0. The van der Waals surface area contributed by atoms with Crippen molar-refractivity contribution in [2.45, 2.75) is 81.8 Å². The summed E-state index contributed by atoms with van der Waals surface area (Å²) >= 11 is 1.38. The van der Waals surface area contributed by atoms with Crippen molar-refractivity contribution in [2.24, 2.45) is 0 Å². The van der Waals surface area contributed by atoms with E-state index in [1.54, 1.807) is 0 Å². The van der Waals surface area contributed by atoms with Crippen molar-refractivity contribution in [1.29, 1.82) is 0 Å². The zero-order chi connectivity index (χ0) is 19.6. The SMILES string of the molecule is C[C@H](Sc1nc2ccccc2c(=O)n1C1CCCCC1)C(=O)NC(C)(C)C. The van der Waals surface area contributed by atoms with Crippen molar-refractivity contribution in [3.63, 3.8) is 0 Å². The van der Waals surface area contributed by atoms with Crippen LogP contribution in [-0.4, -0.2) is 26.2 Å². The topological polar surface area (TPSA) is 64.0 Å². The molecule has 6 heteroatoms. The van der Waals surface area contributed by atoms with Gasteiger partial charge in [0.15, 0.2) is 5.16 Å². The van der Waals surface area contributed by atoms with Crippen LogP contribution in [0.3, 0.4) is 0 Å². The third kappa shape index (κ3) is 4.72. The molecule has 1 heterocycles. The van der Waals surface area contributed by atoms with Crippen LogP contribution < -0.4 is 10.9 Å². The number of hydrogen-bond donors (Lipinski definition) is 1. The van der Waals surface area contributed by atoms with Crippen LogP contribution in [0.2, 0.25) is 0 Å². The maximum atomic E-state index is 13.2. The Morgan fingerprint density at radius 1 is 1.22 bits per heavy atom. The number of carbonyl (C=O) groups excluding carboxylic acids is 1. The van der Waals surface area contributed by atoms with Gasteiger partial charge in [0.1, 0.15) is 0 Å². The van der Waals surface area contributed by atoms with Gasteiger partial charge in [-0.1, -0.05) is 43.2 Å². The second-order valence-electron chi connectivity index (χ2n) is 8.38. The highest BCUT2D eigenvalue weighted by molar-refractivity contribution is 8.00. The maximum Gasteiger partial charge on any atom is 0.262 e. The lowest BCUT2D eigenvalue weighted by Crippen LogP contribution is -2.44. The number of carbonyl (C=O) groups is 1. The van der Waals surface area contributed by atoms with Gasteiger partial charge in [0, 0.05) is 11.6 Å². The van der Waals surface area contributed by atoms with Crippen LogP contribution in [-0.2, 0) is 4.79 Å². The van der Waals surface area contributed by atoms with Gasteiger partial charge in [0.05, 0.1) is 16.2 Å². The van der Waals surface area contributed by atoms with E-state index < -0.39 is 0 Å². The number of nitrogens with one attached hydrogen (secondary N) is 1. The van der Waals surface area contributed by atoms with Crippen LogP contribution in [0.5, 0.6) is 0 Å². The molecule has 1 fully saturated rings. The third-order valence-electron chi connectivity index (χ3n) is 4.86. The fraction of sp³-hybridized carbons (Fsp3) is 0.571. The first-order chi connectivity index (χ1) is 12.8. The molecule has 1 atom stereocenters. The van der Waals surface area contributed by atoms with Crippen LogP contribution in [0.4, 0.5) is 0 Å². The molecule has 0 unspecified atom stereocenters. The molecule has 1 aromatic carbocycles. The highest BCUT2D eigenvalue weighted by Gasteiger charge is 2.26. The number of rotatable bonds is 4. The van der Waals surface area contributed by atoms with Crippen molar-refractivity contribution >= 4 is 28.6 Å². The van der Waals surface area contributed by atoms with E-state index in [4.69, 9.17) is 4.98 Å². The van der Waals surface area contributed by atoms with Crippen molar-refractivity contribution in [3.05, 3.63) is 34.6 Å². The number of amides is 1. The second kappa shape index (κ2) is 8.05. The molecule has 0 aliphatic heterocycles. The molecule has 2 aromatic rings. The lowest BCUT2D eigenvalue weighted by atomic mass is 9.95. The molecule has 1 amide bonds. The molecule has 27 heavy (non-hydrogen) atoms. The number of thioether (sulfide) groups is 1. The Morgan fingerprint density at radius 3 is 2.56 bits per heavy atom. The average molecular weight is 388 g/mol. The standard InChI is InChI=1S/C21H29N3O2S/c1-14(18(25)23-21(2,3)4)27-20-22-17-13-9-8-12-16(17)19(26)24(20)15-10-6-5-7-11-15/h8-9,12-15H,5-7,10-11H2,1-4H3,(H,23,25)/t14-/m0/s1. The van der Waals surface area contributed by atoms with Gasteiger partial charge in [-0.2, -0.15) is 0 Å². The van der Waals surface area contributed by atoms with E-state index in [1.165, 1.54) is 18.2 Å². The summed E-state index contributed by atoms with van der Waals surface area (Å²) in [6.45, 7) is 7.77. The Bertz CT molecular complexity index is 879. The molecule has 1 aliphatic rings. The molecule has 146 valence electrons. The lowest BCUT2D eigenvalue weighted by Gasteiger charge is -2.27. The van der Waals surface area contributed by atoms with Gasteiger partial charge in [-0.05, 0) is 52.7 Å². The van der Waals surface area contributed by atoms with Gasteiger partial charge in [-0.3, -0.25) is 14.2 Å². The molecular weight excluding hydrogens is 358 g/mol. The monoisotopic (exact) mass is 387 g/mol. The van der Waals surface area contributed by atoms with Crippen LogP contribution in [0.15, 0.2) is 34.2 Å². The molecule has 1 saturated carbocycles. The van der Waals surface area contributed by atoms with Gasteiger partial charge in [-0.25, -0.2) is 4.98 Å². The molecule has 5 nitrogen and oxygen atoms in total. The Labute approximate surface area is 164 Å². The smallest absolute Gasteiger partial charge is 0.262 e. The molecule has 0 bridgehead atoms. The predicted octanol–water partition coefficient (Wildman–Crippen LogP) is 4.30. The minimum atomic E-state index is -0.327. The molecule has 1 aromatic heterocycles. The fourth-order valence-electron chi connectivity index (χ4n) is 3.55. The summed E-state index contributed by atoms with van der Waals surface area (Å²) in [6.07, 6.45) is 5.48. The second-order valence-corrected chi connectivity index (χ2v) is 9.69. The van der Waals surface area contributed by atoms with E-state index in [0.717, 1.165) is 25.7 Å². The predicted molar refractivity (Wildman–Crippen MR) is 111 cm³/mol. The van der Waals surface area contributed by atoms with E-state index in [9.17, 15) is 9.59 Å². The Hall–Kier alpha value is -1.82. The van der Waals surface area contributed by atoms with E-state index >= 15 is 0 Å². The van der Waals surface area contributed by atoms with Crippen molar-refractivity contribution < 1.29 is 4.79 Å². The Kier molecular flexibility index (Phi) is 5.94. The first-order valence-electron chi connectivity index (χ1n) is 9.76. The molecule has 1 aliphatic carbocycles. The zero-order valence-electron chi connectivity index (χ0n) is 16.6. The number of hydrogen-bond acceptors (Lipinski definition) is 4. The first-order valence-corrected chi connectivity index (χ1v) is 10.6. The maximum absolute atomic E-state index is 13.2. The van der Waals surface area contributed by atoms with E-state index in [-0.39, 0.29) is 28.3 Å². The van der Waals surface area contributed by atoms with Crippen LogP contribution in [0, 0.1) is 0 Å². The fourth-order valence-corrected chi connectivity index (χ4v) is 4.53. The number of nitrogens with zero attached hydrogens (tertiary/aromatic N) is 2. The molecule has 0 saturated heterocycles. The van der Waals surface area contributed by atoms with E-state index in [0.29, 0.717) is 16.1 Å². The largest absolute Gasteiger partial charge is 0.351 e. The van der Waals surface area contributed by atoms with Crippen molar-refractivity contribution in [1.82, 2.24) is 14.9 Å². The minimum Gasteiger partial charge on any atom is -0.351 e. The summed E-state index contributed by atoms with van der Waals surface area (Å²) < 4.78 is 1.85. The van der Waals surface area contributed by atoms with Gasteiger partial charge in [-0.15, -0.1) is 0 Å². The minimum absolute atomic E-state index is 0.0124. The van der Waals surface area contributed by atoms with Crippen molar-refractivity contribution in [2.75, 3.05) is 0 Å².